The van der Waals surface area contributed by atoms with Crippen molar-refractivity contribution in [1.29, 1.82) is 0 Å². The van der Waals surface area contributed by atoms with Crippen molar-refractivity contribution >= 4 is 15.7 Å². The quantitative estimate of drug-likeness (QED) is 0.651. The van der Waals surface area contributed by atoms with Crippen LogP contribution in [0.1, 0.15) is 6.42 Å². The molecule has 1 fully saturated rings. The van der Waals surface area contributed by atoms with Gasteiger partial charge in [0.15, 0.2) is 4.90 Å². The molecule has 1 atom stereocenters. The number of benzene rings is 1. The molecule has 1 aliphatic heterocycles. The van der Waals surface area contributed by atoms with E-state index in [2.05, 4.69) is 0 Å². The van der Waals surface area contributed by atoms with Gasteiger partial charge in [0.1, 0.15) is 5.82 Å². The third-order valence-corrected chi connectivity index (χ3v) is 5.23. The molecule has 0 saturated carbocycles. The number of nitrogens with two attached hydrogens (primary N) is 1. The molecule has 20 heavy (non-hydrogen) atoms. The summed E-state index contributed by atoms with van der Waals surface area (Å²) in [5, 5.41) is 10.9. The Morgan fingerprint density at radius 1 is 1.50 bits per heavy atom. The van der Waals surface area contributed by atoms with Crippen LogP contribution in [0.25, 0.3) is 0 Å². The summed E-state index contributed by atoms with van der Waals surface area (Å²) in [6.45, 7) is 0.851. The van der Waals surface area contributed by atoms with Gasteiger partial charge >= 0.3 is 0 Å². The zero-order chi connectivity index (χ0) is 14.9. The molecule has 2 N–H and O–H groups in total. The van der Waals surface area contributed by atoms with Gasteiger partial charge in [-0.1, -0.05) is 0 Å². The van der Waals surface area contributed by atoms with E-state index in [1.807, 2.05) is 0 Å². The molecule has 2 rings (SSSR count). The van der Waals surface area contributed by atoms with Gasteiger partial charge in [-0.3, -0.25) is 10.1 Å². The third-order valence-electron chi connectivity index (χ3n) is 3.32. The smallest absolute Gasteiger partial charge is 0.292 e. The minimum Gasteiger partial charge on any atom is -0.330 e. The van der Waals surface area contributed by atoms with Crippen LogP contribution >= 0.6 is 0 Å². The molecule has 110 valence electrons. The van der Waals surface area contributed by atoms with Gasteiger partial charge in [0.25, 0.3) is 5.69 Å². The number of rotatable bonds is 4. The van der Waals surface area contributed by atoms with Crippen LogP contribution in [0, 0.1) is 21.8 Å². The Morgan fingerprint density at radius 3 is 2.75 bits per heavy atom. The number of nitrogens with zero attached hydrogens (tertiary/aromatic N) is 2. The first kappa shape index (κ1) is 14.8. The van der Waals surface area contributed by atoms with Gasteiger partial charge in [0.05, 0.1) is 11.0 Å². The molecule has 7 nitrogen and oxygen atoms in total. The lowest BCUT2D eigenvalue weighted by molar-refractivity contribution is -0.388. The Labute approximate surface area is 115 Å². The van der Waals surface area contributed by atoms with Crippen LogP contribution < -0.4 is 5.73 Å². The first-order chi connectivity index (χ1) is 9.36. The van der Waals surface area contributed by atoms with Gasteiger partial charge in [-0.2, -0.15) is 4.31 Å². The van der Waals surface area contributed by atoms with E-state index in [0.717, 1.165) is 16.4 Å². The number of halogens is 1. The van der Waals surface area contributed by atoms with Crippen molar-refractivity contribution in [3.8, 4) is 0 Å². The van der Waals surface area contributed by atoms with E-state index in [4.69, 9.17) is 5.73 Å². The second kappa shape index (κ2) is 5.43. The highest BCUT2D eigenvalue weighted by molar-refractivity contribution is 7.89. The highest BCUT2D eigenvalue weighted by Crippen LogP contribution is 2.30. The standard InChI is InChI=1S/C11H14FN3O4S/c12-9-1-2-11(10(5-9)15(16)17)20(18,19)14-4-3-8(6-13)7-14/h1-2,5,8H,3-4,6-7,13H2. The van der Waals surface area contributed by atoms with Crippen molar-refractivity contribution in [2.45, 2.75) is 11.3 Å². The van der Waals surface area contributed by atoms with E-state index in [1.54, 1.807) is 0 Å². The Balaban J connectivity index is 2.42. The molecule has 1 aromatic carbocycles. The fraction of sp³-hybridized carbons (Fsp3) is 0.455. The molecule has 1 saturated heterocycles. The van der Waals surface area contributed by atoms with Gasteiger partial charge in [-0.05, 0) is 31.0 Å². The van der Waals surface area contributed by atoms with E-state index in [1.165, 1.54) is 0 Å². The maximum atomic E-state index is 13.1. The first-order valence-electron chi connectivity index (χ1n) is 6.00. The summed E-state index contributed by atoms with van der Waals surface area (Å²) in [7, 11) is -4.00. The fourth-order valence-corrected chi connectivity index (χ4v) is 3.87. The number of nitro groups is 1. The maximum absolute atomic E-state index is 13.1. The zero-order valence-electron chi connectivity index (χ0n) is 10.5. The highest BCUT2D eigenvalue weighted by Gasteiger charge is 2.36. The lowest BCUT2D eigenvalue weighted by Gasteiger charge is -2.16. The Hall–Kier alpha value is -1.58. The van der Waals surface area contributed by atoms with Gasteiger partial charge in [-0.15, -0.1) is 0 Å². The lowest BCUT2D eigenvalue weighted by Crippen LogP contribution is -2.30. The van der Waals surface area contributed by atoms with Crippen LogP contribution in [0.3, 0.4) is 0 Å². The number of sulfonamides is 1. The second-order valence-corrected chi connectivity index (χ2v) is 6.53. The van der Waals surface area contributed by atoms with Crippen LogP contribution in [0.2, 0.25) is 0 Å². The summed E-state index contributed by atoms with van der Waals surface area (Å²) in [4.78, 5) is 9.51. The summed E-state index contributed by atoms with van der Waals surface area (Å²) in [5.41, 5.74) is 4.75. The van der Waals surface area contributed by atoms with E-state index < -0.39 is 31.3 Å². The normalized spacial score (nSPS) is 20.2. The SMILES string of the molecule is NCC1CCN(S(=O)(=O)c2ccc(F)cc2[N+](=O)[O-])C1. The Kier molecular flexibility index (Phi) is 4.02. The average molecular weight is 303 g/mol. The lowest BCUT2D eigenvalue weighted by atomic mass is 10.1. The minimum atomic E-state index is -4.00. The average Bonchev–Trinajstić information content (AvgIpc) is 2.87. The van der Waals surface area contributed by atoms with Crippen molar-refractivity contribution in [3.05, 3.63) is 34.1 Å². The molecule has 0 radical (unpaired) electrons. The van der Waals surface area contributed by atoms with Crippen molar-refractivity contribution < 1.29 is 17.7 Å². The fourth-order valence-electron chi connectivity index (χ4n) is 2.20. The largest absolute Gasteiger partial charge is 0.330 e. The molecule has 0 aromatic heterocycles. The molecular formula is C11H14FN3O4S. The monoisotopic (exact) mass is 303 g/mol. The van der Waals surface area contributed by atoms with Crippen molar-refractivity contribution in [3.63, 3.8) is 0 Å². The topological polar surface area (TPSA) is 107 Å². The molecule has 0 bridgehead atoms. The van der Waals surface area contributed by atoms with Crippen LogP contribution in [-0.2, 0) is 10.0 Å². The molecule has 0 spiro atoms. The predicted octanol–water partition coefficient (Wildman–Crippen LogP) is 0.703. The van der Waals surface area contributed by atoms with Crippen LogP contribution in [0.4, 0.5) is 10.1 Å². The summed E-state index contributed by atoms with van der Waals surface area (Å²) in [6, 6.07) is 2.44. The summed E-state index contributed by atoms with van der Waals surface area (Å²) in [6.07, 6.45) is 0.616. The van der Waals surface area contributed by atoms with Gasteiger partial charge in [-0.25, -0.2) is 12.8 Å². The minimum absolute atomic E-state index is 0.0456. The van der Waals surface area contributed by atoms with Crippen molar-refractivity contribution in [1.82, 2.24) is 4.31 Å². The summed E-state index contributed by atoms with van der Waals surface area (Å²) < 4.78 is 39.0. The van der Waals surface area contributed by atoms with E-state index in [-0.39, 0.29) is 19.0 Å². The number of nitro benzene ring substituents is 1. The highest BCUT2D eigenvalue weighted by atomic mass is 32.2. The van der Waals surface area contributed by atoms with Crippen molar-refractivity contribution in [2.75, 3.05) is 19.6 Å². The molecule has 1 heterocycles. The van der Waals surface area contributed by atoms with Gasteiger partial charge in [0, 0.05) is 13.1 Å². The second-order valence-electron chi connectivity index (χ2n) is 4.62. The molecule has 1 unspecified atom stereocenters. The first-order valence-corrected chi connectivity index (χ1v) is 7.44. The van der Waals surface area contributed by atoms with E-state index >= 15 is 0 Å². The van der Waals surface area contributed by atoms with Crippen LogP contribution in [-0.4, -0.2) is 37.3 Å². The third kappa shape index (κ3) is 2.65. The zero-order valence-corrected chi connectivity index (χ0v) is 11.3. The van der Waals surface area contributed by atoms with Crippen LogP contribution in [0.5, 0.6) is 0 Å². The number of hydrogen-bond donors (Lipinski definition) is 1. The van der Waals surface area contributed by atoms with Crippen LogP contribution in [0.15, 0.2) is 23.1 Å². The predicted molar refractivity (Wildman–Crippen MR) is 69.0 cm³/mol. The molecule has 1 aliphatic rings. The molecular weight excluding hydrogens is 289 g/mol. The molecule has 0 amide bonds. The Morgan fingerprint density at radius 2 is 2.20 bits per heavy atom. The Bertz CT molecular complexity index is 635. The molecule has 0 aliphatic carbocycles. The van der Waals surface area contributed by atoms with E-state index in [9.17, 15) is 22.9 Å². The van der Waals surface area contributed by atoms with Gasteiger partial charge in [0.2, 0.25) is 10.0 Å². The number of hydrogen-bond acceptors (Lipinski definition) is 5. The van der Waals surface area contributed by atoms with E-state index in [0.29, 0.717) is 19.0 Å². The van der Waals surface area contributed by atoms with Gasteiger partial charge < -0.3 is 5.73 Å². The maximum Gasteiger partial charge on any atom is 0.292 e. The molecule has 9 heteroatoms. The summed E-state index contributed by atoms with van der Waals surface area (Å²) >= 11 is 0. The molecule has 1 aromatic rings. The van der Waals surface area contributed by atoms with Crippen molar-refractivity contribution in [2.24, 2.45) is 11.7 Å². The summed E-state index contributed by atoms with van der Waals surface area (Å²) in [5.74, 6) is -0.804.